The molecule has 1 saturated carbocycles. The second-order valence-electron chi connectivity index (χ2n) is 8.48. The van der Waals surface area contributed by atoms with Gasteiger partial charge in [0, 0.05) is 30.7 Å². The molecule has 0 unspecified atom stereocenters. The normalized spacial score (nSPS) is 21.0. The van der Waals surface area contributed by atoms with Crippen molar-refractivity contribution in [2.75, 3.05) is 30.9 Å². The van der Waals surface area contributed by atoms with Crippen LogP contribution in [-0.2, 0) is 15.1 Å². The number of fused-ring (bicyclic) bond motifs is 1. The van der Waals surface area contributed by atoms with Crippen LogP contribution in [0.25, 0.3) is 10.9 Å². The number of hydrogen-bond donors (Lipinski definition) is 2. The Morgan fingerprint density at radius 1 is 1.29 bits per heavy atom. The highest BCUT2D eigenvalue weighted by atomic mass is 16.5. The van der Waals surface area contributed by atoms with Gasteiger partial charge in [0.25, 0.3) is 0 Å². The highest BCUT2D eigenvalue weighted by Crippen LogP contribution is 2.38. The van der Waals surface area contributed by atoms with Gasteiger partial charge in [-0.3, -0.25) is 9.48 Å². The summed E-state index contributed by atoms with van der Waals surface area (Å²) in [7, 11) is 1.78. The van der Waals surface area contributed by atoms with Gasteiger partial charge in [-0.25, -0.2) is 4.98 Å². The maximum Gasteiger partial charge on any atom is 0.228 e. The number of anilines is 2. The van der Waals surface area contributed by atoms with Crippen LogP contribution in [0, 0.1) is 23.7 Å². The number of rotatable bonds is 4. The lowest BCUT2D eigenvalue weighted by molar-refractivity contribution is -0.117. The Hall–Kier alpha value is -3.51. The highest BCUT2D eigenvalue weighted by Gasteiger charge is 2.39. The standard InChI is InChI=1S/C22H23N7O2/c1-13-6-16(13)21(30)26-18-7-17-15(9-24-20(23-3)19(17)28-27-18)5-4-14-8-25-29(10-14)22(2)11-31-12-22/h7-10,13,16H,6,11-12H2,1-3H3,(H,23,24)(H,26,27,30)/t13-,16+/m1/s1. The van der Waals surface area contributed by atoms with Gasteiger partial charge in [-0.15, -0.1) is 10.2 Å². The lowest BCUT2D eigenvalue weighted by Crippen LogP contribution is -2.49. The Balaban J connectivity index is 1.47. The second-order valence-corrected chi connectivity index (χ2v) is 8.48. The second kappa shape index (κ2) is 7.32. The van der Waals surface area contributed by atoms with E-state index in [1.165, 1.54) is 0 Å². The lowest BCUT2D eigenvalue weighted by Gasteiger charge is -2.38. The summed E-state index contributed by atoms with van der Waals surface area (Å²) in [6.45, 7) is 5.46. The maximum absolute atomic E-state index is 12.3. The molecule has 0 radical (unpaired) electrons. The minimum atomic E-state index is -0.107. The van der Waals surface area contributed by atoms with Gasteiger partial charge in [0.1, 0.15) is 11.1 Å². The Kier molecular flexibility index (Phi) is 4.59. The van der Waals surface area contributed by atoms with Crippen molar-refractivity contribution in [3.8, 4) is 11.8 Å². The zero-order valence-corrected chi connectivity index (χ0v) is 17.6. The summed E-state index contributed by atoms with van der Waals surface area (Å²) in [5.74, 6) is 7.81. The first-order valence-electron chi connectivity index (χ1n) is 10.3. The molecule has 2 fully saturated rings. The van der Waals surface area contributed by atoms with Crippen LogP contribution in [0.2, 0.25) is 0 Å². The van der Waals surface area contributed by atoms with Gasteiger partial charge in [-0.05, 0) is 25.3 Å². The van der Waals surface area contributed by atoms with Crippen molar-refractivity contribution in [3.05, 3.63) is 35.8 Å². The van der Waals surface area contributed by atoms with Crippen LogP contribution in [0.15, 0.2) is 24.7 Å². The SMILES string of the molecule is CNc1ncc(C#Cc2cnn(C3(C)COC3)c2)c2cc(NC(=O)[C@H]3C[C@H]3C)nnc12. The molecule has 0 aromatic carbocycles. The van der Waals surface area contributed by atoms with Crippen molar-refractivity contribution in [3.63, 3.8) is 0 Å². The molecule has 4 heterocycles. The third-order valence-electron chi connectivity index (χ3n) is 5.87. The molecular formula is C22H23N7O2. The van der Waals surface area contributed by atoms with E-state index in [1.807, 2.05) is 10.9 Å². The van der Waals surface area contributed by atoms with E-state index in [2.05, 4.69) is 56.6 Å². The molecule has 2 atom stereocenters. The summed E-state index contributed by atoms with van der Waals surface area (Å²) in [5.41, 5.74) is 1.99. The largest absolute Gasteiger partial charge is 0.376 e. The molecular weight excluding hydrogens is 394 g/mol. The molecule has 1 aliphatic heterocycles. The third-order valence-corrected chi connectivity index (χ3v) is 5.87. The summed E-state index contributed by atoms with van der Waals surface area (Å²) in [6, 6.07) is 1.80. The zero-order chi connectivity index (χ0) is 21.6. The number of nitrogens with zero attached hydrogens (tertiary/aromatic N) is 5. The first-order chi connectivity index (χ1) is 15.0. The van der Waals surface area contributed by atoms with Crippen LogP contribution in [0.5, 0.6) is 0 Å². The van der Waals surface area contributed by atoms with Crippen LogP contribution in [0.4, 0.5) is 11.6 Å². The molecule has 1 saturated heterocycles. The number of nitrogens with one attached hydrogen (secondary N) is 2. The van der Waals surface area contributed by atoms with Gasteiger partial charge in [-0.2, -0.15) is 5.10 Å². The predicted molar refractivity (Wildman–Crippen MR) is 115 cm³/mol. The number of aromatic nitrogens is 5. The van der Waals surface area contributed by atoms with Crippen molar-refractivity contribution in [2.24, 2.45) is 11.8 Å². The number of carbonyl (C=O) groups excluding carboxylic acids is 1. The van der Waals surface area contributed by atoms with E-state index in [4.69, 9.17) is 4.74 Å². The number of pyridine rings is 1. The molecule has 3 aromatic rings. The fourth-order valence-corrected chi connectivity index (χ4v) is 3.63. The monoisotopic (exact) mass is 417 g/mol. The molecule has 31 heavy (non-hydrogen) atoms. The summed E-state index contributed by atoms with van der Waals surface area (Å²) in [6.07, 6.45) is 6.28. The van der Waals surface area contributed by atoms with E-state index < -0.39 is 0 Å². The van der Waals surface area contributed by atoms with Crippen molar-refractivity contribution < 1.29 is 9.53 Å². The van der Waals surface area contributed by atoms with Crippen LogP contribution in [0.3, 0.4) is 0 Å². The van der Waals surface area contributed by atoms with Gasteiger partial charge in [0.15, 0.2) is 11.6 Å². The van der Waals surface area contributed by atoms with Crippen molar-refractivity contribution in [2.45, 2.75) is 25.8 Å². The van der Waals surface area contributed by atoms with Gasteiger partial charge in [-0.1, -0.05) is 18.8 Å². The van der Waals surface area contributed by atoms with Gasteiger partial charge in [0.05, 0.1) is 30.5 Å². The lowest BCUT2D eigenvalue weighted by atomic mass is 10.0. The van der Waals surface area contributed by atoms with Gasteiger partial charge < -0.3 is 15.4 Å². The maximum atomic E-state index is 12.3. The molecule has 158 valence electrons. The first kappa shape index (κ1) is 19.5. The van der Waals surface area contributed by atoms with E-state index >= 15 is 0 Å². The van der Waals surface area contributed by atoms with E-state index in [0.29, 0.717) is 41.8 Å². The smallest absolute Gasteiger partial charge is 0.228 e. The van der Waals surface area contributed by atoms with Gasteiger partial charge in [0.2, 0.25) is 5.91 Å². The highest BCUT2D eigenvalue weighted by molar-refractivity contribution is 5.97. The Bertz CT molecular complexity index is 1240. The van der Waals surface area contributed by atoms with Crippen LogP contribution >= 0.6 is 0 Å². The Labute approximate surface area is 179 Å². The number of ether oxygens (including phenoxy) is 1. The van der Waals surface area contributed by atoms with Crippen LogP contribution in [0.1, 0.15) is 31.4 Å². The van der Waals surface area contributed by atoms with E-state index in [-0.39, 0.29) is 17.4 Å². The van der Waals surface area contributed by atoms with Crippen molar-refractivity contribution in [1.29, 1.82) is 0 Å². The average Bonchev–Trinajstić information content (AvgIpc) is 3.29. The number of hydrogen-bond acceptors (Lipinski definition) is 7. The van der Waals surface area contributed by atoms with Crippen molar-refractivity contribution >= 4 is 28.4 Å². The molecule has 0 bridgehead atoms. The molecule has 1 amide bonds. The number of carbonyl (C=O) groups is 1. The molecule has 9 nitrogen and oxygen atoms in total. The number of amides is 1. The minimum absolute atomic E-state index is 0.0161. The zero-order valence-electron chi connectivity index (χ0n) is 17.6. The molecule has 9 heteroatoms. The van der Waals surface area contributed by atoms with Gasteiger partial charge >= 0.3 is 0 Å². The third kappa shape index (κ3) is 3.59. The van der Waals surface area contributed by atoms with Crippen LogP contribution in [-0.4, -0.2) is 51.1 Å². The Morgan fingerprint density at radius 3 is 2.77 bits per heavy atom. The van der Waals surface area contributed by atoms with Crippen LogP contribution < -0.4 is 10.6 Å². The first-order valence-corrected chi connectivity index (χ1v) is 10.3. The fraction of sp³-hybridized carbons (Fsp3) is 0.409. The predicted octanol–water partition coefficient (Wildman–Crippen LogP) is 2.00. The van der Waals surface area contributed by atoms with E-state index in [0.717, 1.165) is 17.4 Å². The molecule has 2 N–H and O–H groups in total. The summed E-state index contributed by atoms with van der Waals surface area (Å²) in [4.78, 5) is 16.7. The summed E-state index contributed by atoms with van der Waals surface area (Å²) >= 11 is 0. The van der Waals surface area contributed by atoms with Crippen molar-refractivity contribution in [1.82, 2.24) is 25.0 Å². The van der Waals surface area contributed by atoms with E-state index in [1.54, 1.807) is 25.5 Å². The summed E-state index contributed by atoms with van der Waals surface area (Å²) in [5, 5.41) is 19.5. The Morgan fingerprint density at radius 2 is 2.10 bits per heavy atom. The summed E-state index contributed by atoms with van der Waals surface area (Å²) < 4.78 is 7.21. The fourth-order valence-electron chi connectivity index (χ4n) is 3.63. The molecule has 1 aliphatic carbocycles. The molecule has 5 rings (SSSR count). The minimum Gasteiger partial charge on any atom is -0.376 e. The molecule has 0 spiro atoms. The topological polar surface area (TPSA) is 107 Å². The average molecular weight is 417 g/mol. The quantitative estimate of drug-likeness (QED) is 0.625. The molecule has 3 aromatic heterocycles. The van der Waals surface area contributed by atoms with E-state index in [9.17, 15) is 4.79 Å². The molecule has 2 aliphatic rings.